The van der Waals surface area contributed by atoms with E-state index in [9.17, 15) is 9.59 Å². The average molecular weight is 603 g/mol. The van der Waals surface area contributed by atoms with Crippen LogP contribution in [-0.2, 0) is 17.8 Å². The molecule has 10 heteroatoms. The Morgan fingerprint density at radius 2 is 1.83 bits per heavy atom. The van der Waals surface area contributed by atoms with E-state index in [0.29, 0.717) is 44.0 Å². The minimum absolute atomic E-state index is 0.0738. The second kappa shape index (κ2) is 12.8. The van der Waals surface area contributed by atoms with Crippen molar-refractivity contribution in [3.8, 4) is 11.4 Å². The van der Waals surface area contributed by atoms with Gasteiger partial charge in [0, 0.05) is 18.8 Å². The molecule has 0 saturated carbocycles. The van der Waals surface area contributed by atoms with Gasteiger partial charge < -0.3 is 14.2 Å². The van der Waals surface area contributed by atoms with Crippen LogP contribution >= 0.6 is 35.3 Å². The van der Waals surface area contributed by atoms with E-state index < -0.39 is 0 Å². The molecule has 0 spiro atoms. The van der Waals surface area contributed by atoms with Gasteiger partial charge in [-0.05, 0) is 67.9 Å². The lowest BCUT2D eigenvalue weighted by atomic mass is 10.1. The van der Waals surface area contributed by atoms with Crippen molar-refractivity contribution in [3.05, 3.63) is 104 Å². The molecule has 1 amide bonds. The highest BCUT2D eigenvalue weighted by Crippen LogP contribution is 2.29. The van der Waals surface area contributed by atoms with Gasteiger partial charge in [0.2, 0.25) is 5.91 Å². The topological polar surface area (TPSA) is 69.4 Å². The number of hydrogen-bond acceptors (Lipinski definition) is 7. The number of methoxy groups -OCH3 is 1. The lowest BCUT2D eigenvalue weighted by Crippen LogP contribution is -2.32. The molecule has 0 atom stereocenters. The van der Waals surface area contributed by atoms with Crippen molar-refractivity contribution >= 4 is 57.3 Å². The molecular formula is C31H30N4O3S3. The molecule has 41 heavy (non-hydrogen) atoms. The Balaban J connectivity index is 1.57. The van der Waals surface area contributed by atoms with Gasteiger partial charge in [-0.2, -0.15) is 0 Å². The van der Waals surface area contributed by atoms with Crippen molar-refractivity contribution < 1.29 is 9.53 Å². The number of fused-ring (bicyclic) bond motifs is 1. The molecule has 0 unspecified atom stereocenters. The first-order valence-electron chi connectivity index (χ1n) is 13.2. The predicted molar refractivity (Wildman–Crippen MR) is 171 cm³/mol. The Morgan fingerprint density at radius 3 is 2.56 bits per heavy atom. The predicted octanol–water partition coefficient (Wildman–Crippen LogP) is 6.68. The molecule has 5 rings (SSSR count). The molecule has 2 heterocycles. The second-order valence-corrected chi connectivity index (χ2v) is 12.0. The molecule has 0 aliphatic carbocycles. The smallest absolute Gasteiger partial charge is 0.278 e. The van der Waals surface area contributed by atoms with Gasteiger partial charge in [-0.1, -0.05) is 77.7 Å². The van der Waals surface area contributed by atoms with Gasteiger partial charge in [-0.3, -0.25) is 14.2 Å². The van der Waals surface area contributed by atoms with Crippen LogP contribution in [0.2, 0.25) is 0 Å². The maximum Gasteiger partial charge on any atom is 0.278 e. The third-order valence-corrected chi connectivity index (χ3v) is 9.06. The van der Waals surface area contributed by atoms with E-state index in [0.717, 1.165) is 17.7 Å². The molecule has 3 aromatic carbocycles. The molecular weight excluding hydrogens is 573 g/mol. The van der Waals surface area contributed by atoms with Crippen molar-refractivity contribution in [3.63, 3.8) is 0 Å². The van der Waals surface area contributed by atoms with E-state index >= 15 is 0 Å². The molecule has 0 aliphatic rings. The molecule has 2 aromatic heterocycles. The van der Waals surface area contributed by atoms with Crippen molar-refractivity contribution in [2.45, 2.75) is 32.0 Å². The van der Waals surface area contributed by atoms with E-state index in [-0.39, 0.29) is 17.2 Å². The molecule has 0 fully saturated rings. The third kappa shape index (κ3) is 6.14. The van der Waals surface area contributed by atoms with Gasteiger partial charge in [-0.15, -0.1) is 0 Å². The van der Waals surface area contributed by atoms with Gasteiger partial charge in [0.05, 0.1) is 18.6 Å². The number of thioether (sulfide) groups is 1. The second-order valence-electron chi connectivity index (χ2n) is 9.38. The van der Waals surface area contributed by atoms with E-state index in [1.807, 2.05) is 79.1 Å². The summed E-state index contributed by atoms with van der Waals surface area (Å²) in [6, 6.07) is 25.3. The van der Waals surface area contributed by atoms with Gasteiger partial charge in [0.15, 0.2) is 14.8 Å². The fourth-order valence-corrected chi connectivity index (χ4v) is 6.87. The number of aromatic nitrogens is 3. The number of benzene rings is 3. The average Bonchev–Trinajstić information content (AvgIpc) is 3.31. The number of thiazole rings is 1. The Morgan fingerprint density at radius 1 is 1.07 bits per heavy atom. The number of para-hydroxylation sites is 2. The summed E-state index contributed by atoms with van der Waals surface area (Å²) in [4.78, 5) is 34.2. The Hall–Kier alpha value is -3.73. The van der Waals surface area contributed by atoms with Crippen molar-refractivity contribution in [2.75, 3.05) is 24.3 Å². The molecule has 210 valence electrons. The molecule has 7 nitrogen and oxygen atoms in total. The maximum absolute atomic E-state index is 14.1. The summed E-state index contributed by atoms with van der Waals surface area (Å²) in [5.74, 6) is 0.560. The zero-order chi connectivity index (χ0) is 28.9. The number of ether oxygens (including phenoxy) is 1. The van der Waals surface area contributed by atoms with Crippen LogP contribution in [0.3, 0.4) is 0 Å². The number of nitrogens with zero attached hydrogens (tertiary/aromatic N) is 4. The van der Waals surface area contributed by atoms with Crippen molar-refractivity contribution in [2.24, 2.45) is 0 Å². The first kappa shape index (κ1) is 28.8. The minimum Gasteiger partial charge on any atom is -0.495 e. The molecule has 0 radical (unpaired) electrons. The highest BCUT2D eigenvalue weighted by molar-refractivity contribution is 7.99. The Kier molecular flexibility index (Phi) is 9.02. The summed E-state index contributed by atoms with van der Waals surface area (Å²) in [6.07, 6.45) is 0.751. The van der Waals surface area contributed by atoms with Gasteiger partial charge in [0.1, 0.15) is 10.4 Å². The molecule has 0 aliphatic heterocycles. The zero-order valence-corrected chi connectivity index (χ0v) is 25.5. The largest absolute Gasteiger partial charge is 0.495 e. The van der Waals surface area contributed by atoms with Crippen LogP contribution in [0.5, 0.6) is 5.75 Å². The van der Waals surface area contributed by atoms with Crippen LogP contribution in [0.1, 0.15) is 18.1 Å². The lowest BCUT2D eigenvalue weighted by molar-refractivity contribution is -0.116. The van der Waals surface area contributed by atoms with Gasteiger partial charge >= 0.3 is 0 Å². The summed E-state index contributed by atoms with van der Waals surface area (Å²) < 4.78 is 10.1. The van der Waals surface area contributed by atoms with Crippen LogP contribution in [0.25, 0.3) is 16.0 Å². The quantitative estimate of drug-likeness (QED) is 0.101. The van der Waals surface area contributed by atoms with Crippen LogP contribution in [0.15, 0.2) is 88.8 Å². The summed E-state index contributed by atoms with van der Waals surface area (Å²) in [5.41, 5.74) is 3.95. The van der Waals surface area contributed by atoms with Crippen LogP contribution in [-0.4, -0.2) is 39.4 Å². The summed E-state index contributed by atoms with van der Waals surface area (Å²) in [5, 5.41) is 0.405. The molecule has 0 N–H and O–H groups in total. The van der Waals surface area contributed by atoms with Gasteiger partial charge in [-0.25, -0.2) is 4.98 Å². The molecule has 5 aromatic rings. The lowest BCUT2D eigenvalue weighted by Gasteiger charge is -2.22. The number of carbonyl (C=O) groups is 1. The summed E-state index contributed by atoms with van der Waals surface area (Å²) in [6.45, 7) is 5.07. The fraction of sp³-hybridized carbons (Fsp3) is 0.226. The standard InChI is InChI=1S/C31H30N4O3S3/c1-4-33(23-14-10-11-21(2)19-23)26(36)20-40-30-32-28-27(29(37)35(30)24-15-8-9-16-25(24)38-3)41-31(39)34(28)18-17-22-12-6-5-7-13-22/h5-16,19H,4,17-18,20H2,1-3H3. The first-order chi connectivity index (χ1) is 19.9. The van der Waals surface area contributed by atoms with Crippen molar-refractivity contribution in [1.29, 1.82) is 0 Å². The number of amides is 1. The van der Waals surface area contributed by atoms with E-state index in [4.69, 9.17) is 21.9 Å². The number of rotatable bonds is 10. The van der Waals surface area contributed by atoms with Crippen molar-refractivity contribution in [1.82, 2.24) is 14.1 Å². The number of aryl methyl sites for hydroxylation is 3. The SMILES string of the molecule is CCN(C(=O)CSc1nc2c(sc(=S)n2CCc2ccccc2)c(=O)n1-c1ccccc1OC)c1cccc(C)c1. The zero-order valence-electron chi connectivity index (χ0n) is 23.1. The van der Waals surface area contributed by atoms with Crippen LogP contribution in [0, 0.1) is 10.9 Å². The normalized spacial score (nSPS) is 11.1. The highest BCUT2D eigenvalue weighted by atomic mass is 32.2. The summed E-state index contributed by atoms with van der Waals surface area (Å²) >= 11 is 8.20. The number of carbonyl (C=O) groups excluding carboxylic acids is 1. The van der Waals surface area contributed by atoms with Crippen LogP contribution in [0.4, 0.5) is 5.69 Å². The number of hydrogen-bond donors (Lipinski definition) is 0. The minimum atomic E-state index is -0.241. The Labute approximate surface area is 252 Å². The van der Waals surface area contributed by atoms with E-state index in [1.54, 1.807) is 18.1 Å². The first-order valence-corrected chi connectivity index (χ1v) is 15.5. The van der Waals surface area contributed by atoms with E-state index in [1.165, 1.54) is 33.2 Å². The summed E-state index contributed by atoms with van der Waals surface area (Å²) in [7, 11) is 1.57. The van der Waals surface area contributed by atoms with Gasteiger partial charge in [0.25, 0.3) is 5.56 Å². The molecule has 0 bridgehead atoms. The maximum atomic E-state index is 14.1. The fourth-order valence-electron chi connectivity index (χ4n) is 4.69. The molecule has 0 saturated heterocycles. The highest BCUT2D eigenvalue weighted by Gasteiger charge is 2.22. The Bertz CT molecular complexity index is 1810. The van der Waals surface area contributed by atoms with Crippen LogP contribution < -0.4 is 15.2 Å². The van der Waals surface area contributed by atoms with E-state index in [2.05, 4.69) is 12.1 Å². The number of anilines is 1. The monoisotopic (exact) mass is 602 g/mol. The third-order valence-electron chi connectivity index (χ3n) is 6.71.